The van der Waals surface area contributed by atoms with E-state index >= 15 is 0 Å². The lowest BCUT2D eigenvalue weighted by molar-refractivity contribution is 1.55. The molecule has 44 valence electrons. The van der Waals surface area contributed by atoms with E-state index in [4.69, 9.17) is 11.6 Å². The van der Waals surface area contributed by atoms with Gasteiger partial charge in [-0.1, -0.05) is 6.58 Å². The van der Waals surface area contributed by atoms with Crippen LogP contribution in [0.5, 0.6) is 0 Å². The Kier molecular flexibility index (Phi) is 4.17. The zero-order chi connectivity index (χ0) is 6.41. The van der Waals surface area contributed by atoms with E-state index < -0.39 is 0 Å². The second-order valence-corrected chi connectivity index (χ2v) is 1.31. The molecule has 0 heterocycles. The highest BCUT2D eigenvalue weighted by Crippen LogP contribution is 1.85. The van der Waals surface area contributed by atoms with Crippen molar-refractivity contribution < 1.29 is 0 Å². The van der Waals surface area contributed by atoms with Gasteiger partial charge in [0.25, 0.3) is 0 Å². The predicted octanol–water partition coefficient (Wildman–Crippen LogP) is 1.82. The fraction of sp³-hybridized carbons (Fsp3) is 0.200. The van der Waals surface area contributed by atoms with Crippen molar-refractivity contribution >= 4 is 23.1 Å². The summed E-state index contributed by atoms with van der Waals surface area (Å²) >= 11 is 5.36. The molecule has 0 unspecified atom stereocenters. The second kappa shape index (κ2) is 4.53. The van der Waals surface area contributed by atoms with Crippen LogP contribution in [0, 0.1) is 0 Å². The summed E-state index contributed by atoms with van der Waals surface area (Å²) in [4.78, 5) is 7.20. The highest BCUT2D eigenvalue weighted by Gasteiger charge is 1.78. The fourth-order valence-electron chi connectivity index (χ4n) is 0.215. The highest BCUT2D eigenvalue weighted by atomic mass is 35.5. The first-order valence-electron chi connectivity index (χ1n) is 2.14. The van der Waals surface area contributed by atoms with Gasteiger partial charge in [0.2, 0.25) is 5.29 Å². The molecule has 0 bridgehead atoms. The molecule has 0 N–H and O–H groups in total. The van der Waals surface area contributed by atoms with Crippen LogP contribution < -0.4 is 0 Å². The summed E-state index contributed by atoms with van der Waals surface area (Å²) in [5.74, 6) is 0. The monoisotopic (exact) mass is 130 g/mol. The minimum absolute atomic E-state index is 0.211. The van der Waals surface area contributed by atoms with Crippen LogP contribution in [0.3, 0.4) is 0 Å². The molecule has 0 aromatic rings. The third-order valence-electron chi connectivity index (χ3n) is 0.433. The van der Waals surface area contributed by atoms with Gasteiger partial charge in [-0.05, 0) is 18.5 Å². The smallest absolute Gasteiger partial charge is 0.221 e. The topological polar surface area (TPSA) is 24.7 Å². The van der Waals surface area contributed by atoms with Crippen molar-refractivity contribution in [2.45, 2.75) is 6.92 Å². The highest BCUT2D eigenvalue weighted by molar-refractivity contribution is 6.65. The maximum atomic E-state index is 5.36. The number of amidine groups is 1. The molecule has 2 nitrogen and oxygen atoms in total. The number of halogens is 1. The molecule has 0 aromatic heterocycles. The van der Waals surface area contributed by atoms with E-state index in [9.17, 15) is 0 Å². The van der Waals surface area contributed by atoms with Crippen LogP contribution in [-0.4, -0.2) is 11.5 Å². The summed E-state index contributed by atoms with van der Waals surface area (Å²) < 4.78 is 0. The SMILES string of the molecule is C=CN=C(Cl)/N=C\C. The molecule has 0 saturated carbocycles. The standard InChI is InChI=1S/C5H7ClN2/c1-3-7-5(6)8-4-2/h3-4H,1H2,2H3/b7-5?,8-4-. The Morgan fingerprint density at radius 3 is 2.75 bits per heavy atom. The quantitative estimate of drug-likeness (QED) is 0.294. The normalized spacial score (nSPS) is 12.5. The van der Waals surface area contributed by atoms with Crippen molar-refractivity contribution in [1.29, 1.82) is 0 Å². The lowest BCUT2D eigenvalue weighted by atomic mass is 10.9. The van der Waals surface area contributed by atoms with Crippen LogP contribution in [-0.2, 0) is 0 Å². The summed E-state index contributed by atoms with van der Waals surface area (Å²) in [5, 5.41) is 0.211. The van der Waals surface area contributed by atoms with Gasteiger partial charge in [-0.25, -0.2) is 9.98 Å². The summed E-state index contributed by atoms with van der Waals surface area (Å²) in [7, 11) is 0. The van der Waals surface area contributed by atoms with Gasteiger partial charge in [-0.2, -0.15) is 0 Å². The molecule has 0 spiro atoms. The minimum Gasteiger partial charge on any atom is -0.231 e. The van der Waals surface area contributed by atoms with Crippen LogP contribution in [0.1, 0.15) is 6.92 Å². The van der Waals surface area contributed by atoms with E-state index in [1.165, 1.54) is 6.20 Å². The summed E-state index contributed by atoms with van der Waals surface area (Å²) in [6, 6.07) is 0. The van der Waals surface area contributed by atoms with Crippen LogP contribution in [0.15, 0.2) is 22.8 Å². The molecule has 3 heteroatoms. The van der Waals surface area contributed by atoms with E-state index in [0.717, 1.165) is 0 Å². The van der Waals surface area contributed by atoms with Gasteiger partial charge < -0.3 is 0 Å². The molecule has 0 rings (SSSR count). The van der Waals surface area contributed by atoms with Crippen molar-refractivity contribution in [2.75, 3.05) is 0 Å². The Hall–Kier alpha value is -0.630. The largest absolute Gasteiger partial charge is 0.231 e. The molecule has 0 aromatic carbocycles. The molecule has 0 aliphatic carbocycles. The van der Waals surface area contributed by atoms with Gasteiger partial charge in [-0.15, -0.1) is 0 Å². The second-order valence-electron chi connectivity index (χ2n) is 0.968. The molecule has 0 aliphatic rings. The molecule has 0 aliphatic heterocycles. The van der Waals surface area contributed by atoms with E-state index in [1.807, 2.05) is 0 Å². The van der Waals surface area contributed by atoms with E-state index in [-0.39, 0.29) is 5.29 Å². The number of rotatable bonds is 1. The number of nitrogens with zero attached hydrogens (tertiary/aromatic N) is 2. The lowest BCUT2D eigenvalue weighted by Crippen LogP contribution is -1.76. The zero-order valence-corrected chi connectivity index (χ0v) is 5.39. The minimum atomic E-state index is 0.211. The average Bonchev–Trinajstić information content (AvgIpc) is 1.68. The van der Waals surface area contributed by atoms with Crippen molar-refractivity contribution in [1.82, 2.24) is 0 Å². The van der Waals surface area contributed by atoms with Gasteiger partial charge in [0.1, 0.15) is 0 Å². The average molecular weight is 131 g/mol. The van der Waals surface area contributed by atoms with Crippen LogP contribution in [0.2, 0.25) is 0 Å². The predicted molar refractivity (Wildman–Crippen MR) is 37.7 cm³/mol. The molecule has 8 heavy (non-hydrogen) atoms. The van der Waals surface area contributed by atoms with Gasteiger partial charge >= 0.3 is 0 Å². The van der Waals surface area contributed by atoms with Gasteiger partial charge in [-0.3, -0.25) is 0 Å². The first kappa shape index (κ1) is 7.37. The maximum Gasteiger partial charge on any atom is 0.221 e. The summed E-state index contributed by atoms with van der Waals surface area (Å²) in [5.41, 5.74) is 0. The zero-order valence-electron chi connectivity index (χ0n) is 4.63. The van der Waals surface area contributed by atoms with Crippen LogP contribution in [0.25, 0.3) is 0 Å². The fourth-order valence-corrected chi connectivity index (χ4v) is 0.382. The van der Waals surface area contributed by atoms with Crippen molar-refractivity contribution in [3.63, 3.8) is 0 Å². The Morgan fingerprint density at radius 2 is 2.38 bits per heavy atom. The molecule has 0 amide bonds. The lowest BCUT2D eigenvalue weighted by Gasteiger charge is -1.78. The molecule has 0 fully saturated rings. The van der Waals surface area contributed by atoms with Gasteiger partial charge in [0.15, 0.2) is 0 Å². The maximum absolute atomic E-state index is 5.36. The van der Waals surface area contributed by atoms with E-state index in [0.29, 0.717) is 0 Å². The van der Waals surface area contributed by atoms with Crippen LogP contribution in [0.4, 0.5) is 0 Å². The molecule has 0 radical (unpaired) electrons. The van der Waals surface area contributed by atoms with Crippen LogP contribution >= 0.6 is 11.6 Å². The Morgan fingerprint density at radius 1 is 1.75 bits per heavy atom. The van der Waals surface area contributed by atoms with Crippen molar-refractivity contribution in [3.8, 4) is 0 Å². The Bertz CT molecular complexity index is 126. The van der Waals surface area contributed by atoms with Crippen molar-refractivity contribution in [3.05, 3.63) is 12.8 Å². The molecular formula is C5H7ClN2. The molecule has 0 saturated heterocycles. The van der Waals surface area contributed by atoms with Gasteiger partial charge in [0.05, 0.1) is 0 Å². The Labute approximate surface area is 53.6 Å². The van der Waals surface area contributed by atoms with Crippen molar-refractivity contribution in [2.24, 2.45) is 9.98 Å². The first-order chi connectivity index (χ1) is 3.81. The third-order valence-corrected chi connectivity index (χ3v) is 0.629. The van der Waals surface area contributed by atoms with E-state index in [1.54, 1.807) is 13.1 Å². The van der Waals surface area contributed by atoms with Gasteiger partial charge in [0, 0.05) is 12.4 Å². The first-order valence-corrected chi connectivity index (χ1v) is 2.52. The number of hydrogen-bond donors (Lipinski definition) is 0. The molecule has 0 atom stereocenters. The Balaban J connectivity index is 3.79. The molecular weight excluding hydrogens is 124 g/mol. The number of aliphatic imine (C=N–C) groups is 2. The summed E-state index contributed by atoms with van der Waals surface area (Å²) in [6.07, 6.45) is 2.91. The number of hydrogen-bond acceptors (Lipinski definition) is 1. The van der Waals surface area contributed by atoms with E-state index in [2.05, 4.69) is 16.6 Å². The summed E-state index contributed by atoms with van der Waals surface area (Å²) in [6.45, 7) is 5.10. The third kappa shape index (κ3) is 3.56.